The minimum Gasteiger partial charge on any atom is -0.0628 e. The second kappa shape index (κ2) is 15.2. The van der Waals surface area contributed by atoms with Crippen molar-refractivity contribution >= 4 is 23.2 Å². The van der Waals surface area contributed by atoms with Crippen molar-refractivity contribution in [2.75, 3.05) is 6.16 Å². The van der Waals surface area contributed by atoms with Crippen molar-refractivity contribution in [2.24, 2.45) is 5.92 Å². The molecule has 0 radical (unpaired) electrons. The zero-order chi connectivity index (χ0) is 23.9. The molecule has 0 nitrogen and oxygen atoms in total. The van der Waals surface area contributed by atoms with Gasteiger partial charge in [0.15, 0.2) is 0 Å². The third-order valence-corrected chi connectivity index (χ3v) is 11.6. The van der Waals surface area contributed by atoms with Crippen LogP contribution < -0.4 is 15.9 Å². The third-order valence-electron chi connectivity index (χ3n) is 7.12. The zero-order valence-corrected chi connectivity index (χ0v) is 22.6. The first-order chi connectivity index (χ1) is 16.7. The molecule has 0 atom stereocenters. The van der Waals surface area contributed by atoms with E-state index in [1.807, 2.05) is 0 Å². The smallest absolute Gasteiger partial charge is 0.0628 e. The van der Waals surface area contributed by atoms with Crippen LogP contribution in [-0.2, 0) is 0 Å². The van der Waals surface area contributed by atoms with Gasteiger partial charge >= 0.3 is 0 Å². The number of rotatable bonds is 16. The van der Waals surface area contributed by atoms with E-state index in [0.29, 0.717) is 0 Å². The zero-order valence-electron chi connectivity index (χ0n) is 21.7. The predicted octanol–water partition coefficient (Wildman–Crippen LogP) is 8.93. The summed E-state index contributed by atoms with van der Waals surface area (Å²) in [7, 11) is -1.64. The maximum atomic E-state index is 2.37. The Hall–Kier alpha value is -1.91. The Kier molecular flexibility index (Phi) is 11.9. The lowest BCUT2D eigenvalue weighted by molar-refractivity contribution is 0.505. The van der Waals surface area contributed by atoms with Crippen molar-refractivity contribution in [1.29, 1.82) is 0 Å². The highest BCUT2D eigenvalue weighted by molar-refractivity contribution is 7.95. The first-order valence-corrected chi connectivity index (χ1v) is 15.8. The fourth-order valence-corrected chi connectivity index (χ4v) is 9.61. The van der Waals surface area contributed by atoms with Gasteiger partial charge in [-0.15, -0.1) is 0 Å². The van der Waals surface area contributed by atoms with Gasteiger partial charge in [-0.1, -0.05) is 126 Å². The van der Waals surface area contributed by atoms with Crippen LogP contribution in [0.25, 0.3) is 0 Å². The highest BCUT2D eigenvalue weighted by Crippen LogP contribution is 2.55. The lowest BCUT2D eigenvalue weighted by atomic mass is 10.0. The molecule has 1 heteroatoms. The second-order valence-electron chi connectivity index (χ2n) is 10.3. The quantitative estimate of drug-likeness (QED) is 0.144. The van der Waals surface area contributed by atoms with E-state index in [2.05, 4.69) is 105 Å². The number of unbranched alkanes of at least 4 members (excludes halogenated alkanes) is 9. The largest absolute Gasteiger partial charge is 0.112 e. The summed E-state index contributed by atoms with van der Waals surface area (Å²) >= 11 is 0. The fraction of sp³-hybridized carbons (Fsp3) is 0.455. The molecule has 0 N–H and O–H groups in total. The van der Waals surface area contributed by atoms with E-state index < -0.39 is 7.26 Å². The summed E-state index contributed by atoms with van der Waals surface area (Å²) in [6.45, 7) is 4.68. The van der Waals surface area contributed by atoms with Crippen LogP contribution in [-0.4, -0.2) is 6.16 Å². The molecule has 0 saturated heterocycles. The van der Waals surface area contributed by atoms with Crippen molar-refractivity contribution in [3.63, 3.8) is 0 Å². The molecule has 0 aliphatic heterocycles. The summed E-state index contributed by atoms with van der Waals surface area (Å²) < 4.78 is 0. The molecule has 0 bridgehead atoms. The monoisotopic (exact) mass is 473 g/mol. The van der Waals surface area contributed by atoms with Gasteiger partial charge in [0.2, 0.25) is 0 Å². The Morgan fingerprint density at radius 2 is 0.765 bits per heavy atom. The molecule has 3 aromatic carbocycles. The molecule has 0 unspecified atom stereocenters. The summed E-state index contributed by atoms with van der Waals surface area (Å²) in [6, 6.07) is 34.0. The average molecular weight is 474 g/mol. The van der Waals surface area contributed by atoms with Gasteiger partial charge in [0.1, 0.15) is 23.2 Å². The van der Waals surface area contributed by atoms with E-state index in [9.17, 15) is 0 Å². The van der Waals surface area contributed by atoms with Crippen molar-refractivity contribution < 1.29 is 0 Å². The minimum atomic E-state index is -1.64. The summed E-state index contributed by atoms with van der Waals surface area (Å²) in [4.78, 5) is 0. The molecule has 0 aliphatic carbocycles. The Labute approximate surface area is 210 Å². The van der Waals surface area contributed by atoms with Gasteiger partial charge < -0.3 is 0 Å². The molecule has 0 aromatic heterocycles. The van der Waals surface area contributed by atoms with E-state index in [1.54, 1.807) is 0 Å². The predicted molar refractivity (Wildman–Crippen MR) is 156 cm³/mol. The highest BCUT2D eigenvalue weighted by Gasteiger charge is 2.44. The van der Waals surface area contributed by atoms with Crippen LogP contribution in [0.4, 0.5) is 0 Å². The van der Waals surface area contributed by atoms with Gasteiger partial charge in [-0.05, 0) is 55.2 Å². The van der Waals surface area contributed by atoms with Crippen LogP contribution in [0.1, 0.15) is 84.5 Å². The average Bonchev–Trinajstić information content (AvgIpc) is 2.88. The van der Waals surface area contributed by atoms with E-state index in [-0.39, 0.29) is 0 Å². The van der Waals surface area contributed by atoms with Crippen LogP contribution >= 0.6 is 7.26 Å². The Bertz CT molecular complexity index is 789. The van der Waals surface area contributed by atoms with Crippen LogP contribution in [0.15, 0.2) is 91.0 Å². The second-order valence-corrected chi connectivity index (χ2v) is 13.9. The first kappa shape index (κ1) is 26.7. The molecular formula is C33H46P+. The molecule has 0 amide bonds. The maximum absolute atomic E-state index is 2.37. The molecule has 0 spiro atoms. The minimum absolute atomic E-state index is 0.867. The molecule has 0 aliphatic rings. The molecular weight excluding hydrogens is 427 g/mol. The molecule has 0 saturated carbocycles. The molecule has 0 fully saturated rings. The summed E-state index contributed by atoms with van der Waals surface area (Å²) in [6.07, 6.45) is 16.7. The summed E-state index contributed by atoms with van der Waals surface area (Å²) in [5.41, 5.74) is 0. The molecule has 3 aromatic rings. The molecule has 3 rings (SSSR count). The van der Waals surface area contributed by atoms with Gasteiger partial charge in [-0.25, -0.2) is 0 Å². The summed E-state index contributed by atoms with van der Waals surface area (Å²) in [5, 5.41) is 4.56. The Morgan fingerprint density at radius 3 is 1.12 bits per heavy atom. The van der Waals surface area contributed by atoms with Crippen LogP contribution in [0.2, 0.25) is 0 Å². The van der Waals surface area contributed by atoms with Gasteiger partial charge in [-0.3, -0.25) is 0 Å². The van der Waals surface area contributed by atoms with Crippen LogP contribution in [0.3, 0.4) is 0 Å². The van der Waals surface area contributed by atoms with Crippen molar-refractivity contribution in [3.8, 4) is 0 Å². The van der Waals surface area contributed by atoms with Gasteiger partial charge in [0.05, 0.1) is 6.16 Å². The molecule has 34 heavy (non-hydrogen) atoms. The van der Waals surface area contributed by atoms with Crippen LogP contribution in [0, 0.1) is 5.92 Å². The maximum Gasteiger partial charge on any atom is 0.112 e. The van der Waals surface area contributed by atoms with Crippen molar-refractivity contribution in [2.45, 2.75) is 84.5 Å². The normalized spacial score (nSPS) is 11.7. The van der Waals surface area contributed by atoms with Crippen molar-refractivity contribution in [3.05, 3.63) is 91.0 Å². The van der Waals surface area contributed by atoms with E-state index in [4.69, 9.17) is 0 Å². The Morgan fingerprint density at radius 1 is 0.441 bits per heavy atom. The topological polar surface area (TPSA) is 0 Å². The van der Waals surface area contributed by atoms with Gasteiger partial charge in [-0.2, -0.15) is 0 Å². The fourth-order valence-electron chi connectivity index (χ4n) is 5.20. The molecule has 182 valence electrons. The highest BCUT2D eigenvalue weighted by atomic mass is 31.2. The third kappa shape index (κ3) is 8.09. The van der Waals surface area contributed by atoms with Crippen molar-refractivity contribution in [1.82, 2.24) is 0 Å². The number of hydrogen-bond donors (Lipinski definition) is 0. The number of hydrogen-bond acceptors (Lipinski definition) is 0. The number of benzene rings is 3. The SMILES string of the molecule is CC(C)CCCCCCCCCCCC[P+](c1ccccc1)(c1ccccc1)c1ccccc1. The molecule has 0 heterocycles. The van der Waals surface area contributed by atoms with Gasteiger partial charge in [0, 0.05) is 0 Å². The van der Waals surface area contributed by atoms with Crippen LogP contribution in [0.5, 0.6) is 0 Å². The van der Waals surface area contributed by atoms with E-state index >= 15 is 0 Å². The summed E-state index contributed by atoms with van der Waals surface area (Å²) in [5.74, 6) is 0.867. The van der Waals surface area contributed by atoms with Gasteiger partial charge in [0.25, 0.3) is 0 Å². The Balaban J connectivity index is 1.55. The lowest BCUT2D eigenvalue weighted by Gasteiger charge is -2.27. The first-order valence-electron chi connectivity index (χ1n) is 13.8. The standard InChI is InChI=1S/C33H46P/c1-30(2)22-14-9-7-5-3-4-6-8-10-21-29-34(31-23-15-11-16-24-31,32-25-17-12-18-26-32)33-27-19-13-20-28-33/h11-13,15-20,23-28,30H,3-10,14,21-22,29H2,1-2H3/q+1. The van der Waals surface area contributed by atoms with E-state index in [0.717, 1.165) is 5.92 Å². The lowest BCUT2D eigenvalue weighted by Crippen LogP contribution is -2.33. The van der Waals surface area contributed by atoms with E-state index in [1.165, 1.54) is 92.7 Å².